The van der Waals surface area contributed by atoms with Gasteiger partial charge in [0.15, 0.2) is 5.78 Å². The lowest BCUT2D eigenvalue weighted by Crippen LogP contribution is -2.33. The average Bonchev–Trinajstić information content (AvgIpc) is 3.25. The Labute approximate surface area is 167 Å². The summed E-state index contributed by atoms with van der Waals surface area (Å²) in [6, 6.07) is 13.8. The van der Waals surface area contributed by atoms with E-state index >= 15 is 0 Å². The average molecular weight is 390 g/mol. The molecule has 4 rings (SSSR count). The molecule has 2 aromatic carbocycles. The molecule has 0 spiro atoms. The van der Waals surface area contributed by atoms with Gasteiger partial charge in [-0.25, -0.2) is 9.07 Å². The van der Waals surface area contributed by atoms with Crippen LogP contribution in [-0.2, 0) is 11.2 Å². The van der Waals surface area contributed by atoms with E-state index < -0.39 is 5.82 Å². The lowest BCUT2D eigenvalue weighted by atomic mass is 10.0. The Morgan fingerprint density at radius 3 is 2.83 bits per heavy atom. The number of ketones is 1. The fraction of sp³-hybridized carbons (Fsp3) is 0.227. The molecular weight excluding hydrogens is 371 g/mol. The molecule has 0 radical (unpaired) electrons. The van der Waals surface area contributed by atoms with E-state index in [2.05, 4.69) is 10.4 Å². The third-order valence-electron chi connectivity index (χ3n) is 4.89. The van der Waals surface area contributed by atoms with Crippen LogP contribution in [0.5, 0.6) is 0 Å². The number of carbonyl (C=O) groups excluding carboxylic acids is 1. The van der Waals surface area contributed by atoms with Crippen LogP contribution in [0.25, 0.3) is 5.69 Å². The Kier molecular flexibility index (Phi) is 5.47. The molecule has 146 valence electrons. The number of nitrogens with one attached hydrogen (secondary N) is 1. The Hall–Kier alpha value is -3.34. The molecule has 1 saturated heterocycles. The quantitative estimate of drug-likeness (QED) is 0.678. The molecule has 6 nitrogen and oxygen atoms in total. The van der Waals surface area contributed by atoms with Crippen molar-refractivity contribution in [3.05, 3.63) is 82.9 Å². The minimum Gasteiger partial charge on any atom is -0.371 e. The van der Waals surface area contributed by atoms with Gasteiger partial charge in [-0.3, -0.25) is 4.79 Å². The van der Waals surface area contributed by atoms with Crippen molar-refractivity contribution in [1.29, 1.82) is 5.26 Å². The molecule has 29 heavy (non-hydrogen) atoms. The minimum absolute atomic E-state index is 0.0324. The topological polar surface area (TPSA) is 79.9 Å². The number of morpholine rings is 1. The lowest BCUT2D eigenvalue weighted by molar-refractivity contribution is 0.0277. The number of benzene rings is 2. The number of halogens is 1. The molecule has 1 N–H and O–H groups in total. The first-order valence-corrected chi connectivity index (χ1v) is 9.33. The van der Waals surface area contributed by atoms with Gasteiger partial charge in [0.1, 0.15) is 11.9 Å². The van der Waals surface area contributed by atoms with E-state index in [0.29, 0.717) is 17.9 Å². The zero-order chi connectivity index (χ0) is 20.2. The summed E-state index contributed by atoms with van der Waals surface area (Å²) in [6.07, 6.45) is 3.32. The van der Waals surface area contributed by atoms with Crippen LogP contribution in [0.3, 0.4) is 0 Å². The van der Waals surface area contributed by atoms with E-state index in [9.17, 15) is 9.18 Å². The van der Waals surface area contributed by atoms with Gasteiger partial charge in [-0.05, 0) is 23.3 Å². The molecule has 2 heterocycles. The van der Waals surface area contributed by atoms with E-state index in [-0.39, 0.29) is 23.9 Å². The summed E-state index contributed by atoms with van der Waals surface area (Å²) >= 11 is 0. The molecule has 1 fully saturated rings. The highest BCUT2D eigenvalue weighted by Gasteiger charge is 2.16. The fourth-order valence-corrected chi connectivity index (χ4v) is 3.26. The van der Waals surface area contributed by atoms with Crippen molar-refractivity contribution < 1.29 is 13.9 Å². The molecular formula is C22H19FN4O2. The van der Waals surface area contributed by atoms with Gasteiger partial charge in [0.05, 0.1) is 35.7 Å². The Balaban J connectivity index is 1.44. The van der Waals surface area contributed by atoms with Gasteiger partial charge < -0.3 is 10.1 Å². The normalized spacial score (nSPS) is 16.3. The highest BCUT2D eigenvalue weighted by atomic mass is 19.1. The van der Waals surface area contributed by atoms with Gasteiger partial charge in [-0.2, -0.15) is 10.4 Å². The summed E-state index contributed by atoms with van der Waals surface area (Å²) in [5.74, 6) is -0.695. The highest BCUT2D eigenvalue weighted by molar-refractivity contribution is 5.97. The largest absolute Gasteiger partial charge is 0.371 e. The van der Waals surface area contributed by atoms with Crippen molar-refractivity contribution in [3.63, 3.8) is 0 Å². The maximum atomic E-state index is 13.8. The summed E-state index contributed by atoms with van der Waals surface area (Å²) in [6.45, 7) is 2.34. The molecule has 0 amide bonds. The van der Waals surface area contributed by atoms with Crippen LogP contribution in [0.1, 0.15) is 33.2 Å². The number of hydrogen-bond acceptors (Lipinski definition) is 5. The van der Waals surface area contributed by atoms with Crippen molar-refractivity contribution in [2.24, 2.45) is 0 Å². The second-order valence-corrected chi connectivity index (χ2v) is 6.85. The van der Waals surface area contributed by atoms with Crippen molar-refractivity contribution in [2.75, 3.05) is 19.7 Å². The first kappa shape index (κ1) is 19.0. The van der Waals surface area contributed by atoms with Gasteiger partial charge in [0.25, 0.3) is 0 Å². The predicted molar refractivity (Wildman–Crippen MR) is 104 cm³/mol. The zero-order valence-corrected chi connectivity index (χ0v) is 15.6. The number of nitrogens with zero attached hydrogens (tertiary/aromatic N) is 3. The van der Waals surface area contributed by atoms with Crippen molar-refractivity contribution in [2.45, 2.75) is 12.5 Å². The van der Waals surface area contributed by atoms with E-state index in [0.717, 1.165) is 24.2 Å². The van der Waals surface area contributed by atoms with Gasteiger partial charge in [-0.1, -0.05) is 24.3 Å². The lowest BCUT2D eigenvalue weighted by Gasteiger charge is -2.24. The molecule has 7 heteroatoms. The van der Waals surface area contributed by atoms with E-state index in [1.165, 1.54) is 23.0 Å². The number of hydrogen-bond donors (Lipinski definition) is 1. The van der Waals surface area contributed by atoms with E-state index in [4.69, 9.17) is 10.00 Å². The smallest absolute Gasteiger partial charge is 0.170 e. The molecule has 1 aliphatic rings. The molecule has 1 aromatic heterocycles. The van der Waals surface area contributed by atoms with Crippen LogP contribution in [0, 0.1) is 17.1 Å². The fourth-order valence-electron chi connectivity index (χ4n) is 3.26. The summed E-state index contributed by atoms with van der Waals surface area (Å²) in [5.41, 5.74) is 2.85. The van der Waals surface area contributed by atoms with Crippen LogP contribution in [0.2, 0.25) is 0 Å². The van der Waals surface area contributed by atoms with Crippen molar-refractivity contribution in [3.8, 4) is 11.8 Å². The van der Waals surface area contributed by atoms with Crippen LogP contribution in [-0.4, -0.2) is 35.3 Å². The Morgan fingerprint density at radius 1 is 1.31 bits per heavy atom. The van der Waals surface area contributed by atoms with Gasteiger partial charge >= 0.3 is 0 Å². The molecule has 3 aromatic rings. The van der Waals surface area contributed by atoms with Gasteiger partial charge in [0, 0.05) is 31.8 Å². The SMILES string of the molecule is N#Cc1ccc(-n2cc(C(=O)Cc3ccc([C@H]4CNCCO4)cc3)cn2)cc1F. The zero-order valence-electron chi connectivity index (χ0n) is 15.6. The Bertz CT molecular complexity index is 1060. The minimum atomic E-state index is -0.620. The predicted octanol–water partition coefficient (Wildman–Crippen LogP) is 2.97. The summed E-state index contributed by atoms with van der Waals surface area (Å²) in [4.78, 5) is 12.6. The van der Waals surface area contributed by atoms with Gasteiger partial charge in [-0.15, -0.1) is 0 Å². The maximum absolute atomic E-state index is 13.8. The number of rotatable bonds is 5. The molecule has 0 saturated carbocycles. The first-order chi connectivity index (χ1) is 14.1. The van der Waals surface area contributed by atoms with Crippen LogP contribution in [0.15, 0.2) is 54.9 Å². The monoisotopic (exact) mass is 390 g/mol. The molecule has 1 atom stereocenters. The standard InChI is InChI=1S/C22H19FN4O2/c23-20-10-19(6-5-17(20)11-24)27-14-18(12-26-27)21(28)9-15-1-3-16(4-2-15)22-13-25-7-8-29-22/h1-6,10,12,14,22,25H,7-9,13H2/t22-/m1/s1. The number of aromatic nitrogens is 2. The molecule has 0 aliphatic carbocycles. The summed E-state index contributed by atoms with van der Waals surface area (Å²) in [7, 11) is 0. The van der Waals surface area contributed by atoms with Crippen LogP contribution >= 0.6 is 0 Å². The number of Topliss-reactive ketones (excluding diaryl/α,β-unsaturated/α-hetero) is 1. The van der Waals surface area contributed by atoms with E-state index in [1.807, 2.05) is 24.3 Å². The summed E-state index contributed by atoms with van der Waals surface area (Å²) < 4.78 is 21.0. The van der Waals surface area contributed by atoms with Crippen molar-refractivity contribution >= 4 is 5.78 Å². The van der Waals surface area contributed by atoms with Gasteiger partial charge in [0.2, 0.25) is 0 Å². The Morgan fingerprint density at radius 2 is 2.14 bits per heavy atom. The first-order valence-electron chi connectivity index (χ1n) is 9.33. The van der Waals surface area contributed by atoms with E-state index in [1.54, 1.807) is 18.3 Å². The number of carbonyl (C=O) groups is 1. The molecule has 0 unspecified atom stereocenters. The van der Waals surface area contributed by atoms with Crippen LogP contribution in [0.4, 0.5) is 4.39 Å². The van der Waals surface area contributed by atoms with Crippen LogP contribution < -0.4 is 5.32 Å². The number of ether oxygens (including phenoxy) is 1. The summed E-state index contributed by atoms with van der Waals surface area (Å²) in [5, 5.41) is 16.3. The highest BCUT2D eigenvalue weighted by Crippen LogP contribution is 2.20. The second-order valence-electron chi connectivity index (χ2n) is 6.85. The third-order valence-corrected chi connectivity index (χ3v) is 4.89. The number of nitriles is 1. The molecule has 0 bridgehead atoms. The molecule has 1 aliphatic heterocycles. The van der Waals surface area contributed by atoms with Crippen molar-refractivity contribution in [1.82, 2.24) is 15.1 Å². The second kappa shape index (κ2) is 8.35. The maximum Gasteiger partial charge on any atom is 0.170 e. The third kappa shape index (κ3) is 4.24.